The minimum Gasteiger partial charge on any atom is -0.478 e. The minimum absolute atomic E-state index is 0.0176. The van der Waals surface area contributed by atoms with Gasteiger partial charge < -0.3 is 5.11 Å². The predicted octanol–water partition coefficient (Wildman–Crippen LogP) is 2.24. The van der Waals surface area contributed by atoms with Crippen molar-refractivity contribution in [1.82, 2.24) is 0 Å². The van der Waals surface area contributed by atoms with E-state index in [1.807, 2.05) is 0 Å². The van der Waals surface area contributed by atoms with Crippen molar-refractivity contribution in [2.24, 2.45) is 0 Å². The Morgan fingerprint density at radius 2 is 1.57 bits per heavy atom. The molecule has 0 heterocycles. The Labute approximate surface area is 119 Å². The normalized spacial score (nSPS) is 9.90. The van der Waals surface area contributed by atoms with Gasteiger partial charge in [0.15, 0.2) is 18.4 Å². The zero-order valence-electron chi connectivity index (χ0n) is 10.8. The molecule has 0 fully saturated rings. The van der Waals surface area contributed by atoms with Crippen LogP contribution in [0.15, 0.2) is 42.5 Å². The summed E-state index contributed by atoms with van der Waals surface area (Å²) in [6, 6.07) is 10.4. The molecule has 5 heteroatoms. The number of rotatable bonds is 5. The molecule has 104 valence electrons. The molecule has 2 aromatic carbocycles. The highest BCUT2D eigenvalue weighted by Crippen LogP contribution is 2.21. The van der Waals surface area contributed by atoms with Gasteiger partial charge in [-0.05, 0) is 6.07 Å². The highest BCUT2D eigenvalue weighted by atomic mass is 16.4. The van der Waals surface area contributed by atoms with Crippen molar-refractivity contribution in [2.75, 3.05) is 0 Å². The van der Waals surface area contributed by atoms with Gasteiger partial charge in [-0.15, -0.1) is 0 Å². The van der Waals surface area contributed by atoms with Crippen LogP contribution in [-0.2, 0) is 0 Å². The molecule has 0 amide bonds. The largest absolute Gasteiger partial charge is 0.478 e. The van der Waals surface area contributed by atoms with E-state index in [0.717, 1.165) is 6.07 Å². The summed E-state index contributed by atoms with van der Waals surface area (Å²) in [5.41, 5.74) is -0.538. The van der Waals surface area contributed by atoms with Gasteiger partial charge >= 0.3 is 5.97 Å². The lowest BCUT2D eigenvalue weighted by molar-refractivity contribution is 0.0693. The first-order valence-electron chi connectivity index (χ1n) is 6.00. The molecule has 0 aliphatic heterocycles. The Morgan fingerprint density at radius 1 is 0.905 bits per heavy atom. The van der Waals surface area contributed by atoms with E-state index in [0.29, 0.717) is 6.29 Å². The molecule has 2 aromatic rings. The third-order valence-corrected chi connectivity index (χ3v) is 3.02. The van der Waals surface area contributed by atoms with Crippen molar-refractivity contribution in [3.8, 4) is 0 Å². The molecule has 0 bridgehead atoms. The second-order valence-electron chi connectivity index (χ2n) is 4.23. The van der Waals surface area contributed by atoms with Crippen LogP contribution in [0.5, 0.6) is 0 Å². The molecular weight excluding hydrogens is 272 g/mol. The molecule has 0 spiro atoms. The first-order valence-corrected chi connectivity index (χ1v) is 6.00. The third kappa shape index (κ3) is 2.62. The number of carboxylic acid groups (broad SMARTS) is 1. The van der Waals surface area contributed by atoms with Crippen LogP contribution in [0.1, 0.15) is 47.0 Å². The quantitative estimate of drug-likeness (QED) is 0.671. The van der Waals surface area contributed by atoms with Crippen LogP contribution >= 0.6 is 0 Å². The molecule has 1 N–H and O–H groups in total. The highest BCUT2D eigenvalue weighted by Gasteiger charge is 2.22. The SMILES string of the molecule is O=Cc1ccc(C(=O)O)c(C=O)c1C(=O)c1ccccc1. The van der Waals surface area contributed by atoms with Crippen LogP contribution < -0.4 is 0 Å². The number of ketones is 1. The molecule has 0 radical (unpaired) electrons. The lowest BCUT2D eigenvalue weighted by Crippen LogP contribution is -2.13. The van der Waals surface area contributed by atoms with Gasteiger partial charge in [-0.25, -0.2) is 4.79 Å². The third-order valence-electron chi connectivity index (χ3n) is 3.02. The summed E-state index contributed by atoms with van der Waals surface area (Å²) in [5, 5.41) is 9.08. The van der Waals surface area contributed by atoms with Gasteiger partial charge in [0.2, 0.25) is 0 Å². The molecule has 21 heavy (non-hydrogen) atoms. The van der Waals surface area contributed by atoms with Crippen LogP contribution in [0.3, 0.4) is 0 Å². The summed E-state index contributed by atoms with van der Waals surface area (Å²) in [7, 11) is 0. The lowest BCUT2D eigenvalue weighted by Gasteiger charge is -2.10. The Kier molecular flexibility index (Phi) is 4.04. The first-order chi connectivity index (χ1) is 10.1. The molecule has 0 saturated heterocycles. The van der Waals surface area contributed by atoms with E-state index in [-0.39, 0.29) is 34.1 Å². The van der Waals surface area contributed by atoms with E-state index >= 15 is 0 Å². The fraction of sp³-hybridized carbons (Fsp3) is 0. The first kappa shape index (κ1) is 14.3. The van der Waals surface area contributed by atoms with Crippen molar-refractivity contribution in [3.05, 3.63) is 70.3 Å². The summed E-state index contributed by atoms with van der Waals surface area (Å²) >= 11 is 0. The van der Waals surface area contributed by atoms with Gasteiger partial charge in [0.05, 0.1) is 5.56 Å². The van der Waals surface area contributed by atoms with E-state index < -0.39 is 11.8 Å². The molecule has 0 aliphatic rings. The van der Waals surface area contributed by atoms with Gasteiger partial charge in [-0.2, -0.15) is 0 Å². The summed E-state index contributed by atoms with van der Waals surface area (Å²) in [5.74, 6) is -1.90. The number of carbonyl (C=O) groups is 4. The van der Waals surface area contributed by atoms with E-state index in [4.69, 9.17) is 5.11 Å². The maximum Gasteiger partial charge on any atom is 0.336 e. The highest BCUT2D eigenvalue weighted by molar-refractivity contribution is 6.18. The standard InChI is InChI=1S/C16H10O5/c17-8-11-6-7-12(16(20)21)13(9-18)14(11)15(19)10-4-2-1-3-5-10/h1-9H,(H,20,21). The maximum absolute atomic E-state index is 12.5. The maximum atomic E-state index is 12.5. The topological polar surface area (TPSA) is 88.5 Å². The van der Waals surface area contributed by atoms with E-state index in [2.05, 4.69) is 0 Å². The van der Waals surface area contributed by atoms with Crippen molar-refractivity contribution >= 4 is 24.3 Å². The number of hydrogen-bond acceptors (Lipinski definition) is 4. The summed E-state index contributed by atoms with van der Waals surface area (Å²) in [4.78, 5) is 45.9. The van der Waals surface area contributed by atoms with Crippen LogP contribution in [-0.4, -0.2) is 29.4 Å². The van der Waals surface area contributed by atoms with Crippen molar-refractivity contribution in [1.29, 1.82) is 0 Å². The number of benzene rings is 2. The Balaban J connectivity index is 2.74. The second-order valence-corrected chi connectivity index (χ2v) is 4.23. The zero-order valence-corrected chi connectivity index (χ0v) is 10.8. The van der Waals surface area contributed by atoms with Gasteiger partial charge in [0, 0.05) is 22.3 Å². The smallest absolute Gasteiger partial charge is 0.336 e. The van der Waals surface area contributed by atoms with Crippen LogP contribution in [0, 0.1) is 0 Å². The van der Waals surface area contributed by atoms with Gasteiger partial charge in [-0.1, -0.05) is 36.4 Å². The van der Waals surface area contributed by atoms with E-state index in [1.54, 1.807) is 18.2 Å². The lowest BCUT2D eigenvalue weighted by atomic mass is 9.91. The molecule has 0 unspecified atom stereocenters. The Morgan fingerprint density at radius 3 is 2.10 bits per heavy atom. The van der Waals surface area contributed by atoms with Crippen LogP contribution in [0.4, 0.5) is 0 Å². The van der Waals surface area contributed by atoms with Crippen molar-refractivity contribution in [3.63, 3.8) is 0 Å². The summed E-state index contributed by atoms with van der Waals surface area (Å²) in [6.45, 7) is 0. The molecular formula is C16H10O5. The molecule has 2 rings (SSSR count). The molecule has 0 aromatic heterocycles. The number of hydrogen-bond donors (Lipinski definition) is 1. The van der Waals surface area contributed by atoms with Crippen molar-refractivity contribution < 1.29 is 24.3 Å². The van der Waals surface area contributed by atoms with Crippen LogP contribution in [0.25, 0.3) is 0 Å². The monoisotopic (exact) mass is 282 g/mol. The molecule has 5 nitrogen and oxygen atoms in total. The van der Waals surface area contributed by atoms with Crippen LogP contribution in [0.2, 0.25) is 0 Å². The fourth-order valence-corrected chi connectivity index (χ4v) is 2.03. The van der Waals surface area contributed by atoms with Gasteiger partial charge in [0.1, 0.15) is 0 Å². The number of carbonyl (C=O) groups excluding carboxylic acids is 3. The minimum atomic E-state index is -1.34. The van der Waals surface area contributed by atoms with E-state index in [9.17, 15) is 19.2 Å². The number of aromatic carboxylic acids is 1. The molecule has 0 aliphatic carbocycles. The Bertz CT molecular complexity index is 732. The second kappa shape index (κ2) is 5.92. The van der Waals surface area contributed by atoms with E-state index in [1.165, 1.54) is 18.2 Å². The molecule has 0 atom stereocenters. The average molecular weight is 282 g/mol. The Hall–Kier alpha value is -3.08. The number of aldehydes is 2. The summed E-state index contributed by atoms with van der Waals surface area (Å²) in [6.07, 6.45) is 0.710. The number of carboxylic acids is 1. The average Bonchev–Trinajstić information content (AvgIpc) is 2.53. The zero-order chi connectivity index (χ0) is 15.4. The molecule has 0 saturated carbocycles. The van der Waals surface area contributed by atoms with Gasteiger partial charge in [-0.3, -0.25) is 14.4 Å². The fourth-order valence-electron chi connectivity index (χ4n) is 2.03. The van der Waals surface area contributed by atoms with Crippen molar-refractivity contribution in [2.45, 2.75) is 0 Å². The predicted molar refractivity (Wildman–Crippen MR) is 74.1 cm³/mol. The summed E-state index contributed by atoms with van der Waals surface area (Å²) < 4.78 is 0. The van der Waals surface area contributed by atoms with Gasteiger partial charge in [0.25, 0.3) is 0 Å².